The number of aliphatic imine (C=N–C) groups is 1. The molecule has 3 rings (SSSR count). The van der Waals surface area contributed by atoms with Crippen molar-refractivity contribution in [2.75, 3.05) is 19.0 Å². The Hall–Kier alpha value is -1.26. The number of ether oxygens (including phenoxy) is 1. The van der Waals surface area contributed by atoms with Gasteiger partial charge in [-0.1, -0.05) is 11.8 Å². The van der Waals surface area contributed by atoms with E-state index in [1.54, 1.807) is 0 Å². The van der Waals surface area contributed by atoms with Gasteiger partial charge in [-0.2, -0.15) is 0 Å². The molecule has 24 heavy (non-hydrogen) atoms. The molecular weight excluding hydrogens is 413 g/mol. The zero-order valence-corrected chi connectivity index (χ0v) is 14.5. The van der Waals surface area contributed by atoms with Crippen LogP contribution in [0.25, 0.3) is 0 Å². The lowest BCUT2D eigenvalue weighted by Crippen LogP contribution is -2.44. The summed E-state index contributed by atoms with van der Waals surface area (Å²) in [5.41, 5.74) is -1.26. The van der Waals surface area contributed by atoms with Crippen LogP contribution < -0.4 is 5.32 Å². The van der Waals surface area contributed by atoms with E-state index in [0.717, 1.165) is 17.8 Å². The summed E-state index contributed by atoms with van der Waals surface area (Å²) in [6.07, 6.45) is -2.09. The lowest BCUT2D eigenvalue weighted by molar-refractivity contribution is 0.0721. The van der Waals surface area contributed by atoms with E-state index >= 15 is 0 Å². The summed E-state index contributed by atoms with van der Waals surface area (Å²) in [6.45, 7) is -0.888. The Balaban J connectivity index is 2.14. The zero-order valence-electron chi connectivity index (χ0n) is 12.1. The molecule has 10 heteroatoms. The van der Waals surface area contributed by atoms with Crippen LogP contribution in [-0.4, -0.2) is 41.5 Å². The first-order valence-corrected chi connectivity index (χ1v) is 8.70. The van der Waals surface area contributed by atoms with Gasteiger partial charge in [0, 0.05) is 23.3 Å². The number of thioether (sulfide) groups is 1. The molecule has 3 atom stereocenters. The first kappa shape index (κ1) is 17.6. The second-order valence-electron chi connectivity index (χ2n) is 5.44. The molecule has 0 unspecified atom stereocenters. The van der Waals surface area contributed by atoms with E-state index in [4.69, 9.17) is 9.84 Å². The first-order valence-electron chi connectivity index (χ1n) is 6.92. The maximum absolute atomic E-state index is 14.4. The number of hydrogen-bond donors (Lipinski definition) is 2. The molecule has 1 saturated heterocycles. The number of rotatable bonds is 2. The Morgan fingerprint density at radius 1 is 1.50 bits per heavy atom. The van der Waals surface area contributed by atoms with Gasteiger partial charge in [-0.3, -0.25) is 5.32 Å². The molecular formula is C14H12BrF3N2O3S. The van der Waals surface area contributed by atoms with Crippen LogP contribution in [0.4, 0.5) is 18.0 Å². The predicted octanol–water partition coefficient (Wildman–Crippen LogP) is 3.28. The molecule has 1 fully saturated rings. The third-order valence-corrected chi connectivity index (χ3v) is 5.72. The van der Waals surface area contributed by atoms with E-state index in [0.29, 0.717) is 5.75 Å². The van der Waals surface area contributed by atoms with Crippen molar-refractivity contribution in [2.45, 2.75) is 11.6 Å². The van der Waals surface area contributed by atoms with E-state index in [1.807, 2.05) is 0 Å². The van der Waals surface area contributed by atoms with Crippen molar-refractivity contribution in [3.05, 3.63) is 33.8 Å². The molecule has 2 aliphatic rings. The maximum atomic E-state index is 14.4. The number of carboxylic acid groups (broad SMARTS) is 1. The molecule has 0 bridgehead atoms. The van der Waals surface area contributed by atoms with Crippen molar-refractivity contribution in [1.82, 2.24) is 5.32 Å². The maximum Gasteiger partial charge on any atom is 0.410 e. The normalized spacial score (nSPS) is 29.1. The summed E-state index contributed by atoms with van der Waals surface area (Å²) in [4.78, 5) is 15.2. The van der Waals surface area contributed by atoms with Gasteiger partial charge in [-0.05, 0) is 22.0 Å². The van der Waals surface area contributed by atoms with Crippen LogP contribution in [0.1, 0.15) is 5.56 Å². The minimum absolute atomic E-state index is 0.0388. The molecule has 2 heterocycles. The molecule has 0 spiro atoms. The van der Waals surface area contributed by atoms with Gasteiger partial charge in [0.25, 0.3) is 0 Å². The average Bonchev–Trinajstić information content (AvgIpc) is 2.89. The largest absolute Gasteiger partial charge is 0.465 e. The molecule has 1 aromatic carbocycles. The van der Waals surface area contributed by atoms with Gasteiger partial charge in [0.1, 0.15) is 23.8 Å². The minimum atomic E-state index is -1.31. The smallest absolute Gasteiger partial charge is 0.410 e. The van der Waals surface area contributed by atoms with E-state index in [9.17, 15) is 18.0 Å². The van der Waals surface area contributed by atoms with E-state index in [-0.39, 0.29) is 21.8 Å². The quantitative estimate of drug-likeness (QED) is 0.714. The monoisotopic (exact) mass is 424 g/mol. The number of halogens is 4. The van der Waals surface area contributed by atoms with Crippen LogP contribution in [0.3, 0.4) is 0 Å². The molecule has 0 saturated carbocycles. The summed E-state index contributed by atoms with van der Waals surface area (Å²) >= 11 is 4.10. The van der Waals surface area contributed by atoms with Gasteiger partial charge >= 0.3 is 6.09 Å². The Kier molecular flexibility index (Phi) is 4.80. The summed E-state index contributed by atoms with van der Waals surface area (Å²) in [6, 6.07) is 1.97. The summed E-state index contributed by atoms with van der Waals surface area (Å²) in [7, 11) is 0. The second kappa shape index (κ2) is 6.57. The number of alkyl halides is 1. The highest BCUT2D eigenvalue weighted by molar-refractivity contribution is 9.10. The number of nitrogens with zero attached hydrogens (tertiary/aromatic N) is 1. The standard InChI is InChI=1S/C14H12BrF3N2O3S/c15-8-1-6(9(17)2-10(8)18)14-5-23-11(3-16)7(14)4-24-12(20-14)19-13(21)22/h1-2,7,11H,3-5H2,(H,19,20)(H,21,22)/t7-,11-,14-/m1/s1. The molecule has 0 aromatic heterocycles. The summed E-state index contributed by atoms with van der Waals surface area (Å²) in [5.74, 6) is -1.82. The Bertz CT molecular complexity index is 721. The highest BCUT2D eigenvalue weighted by atomic mass is 79.9. The number of hydrogen-bond acceptors (Lipinski definition) is 4. The van der Waals surface area contributed by atoms with Gasteiger partial charge < -0.3 is 9.84 Å². The lowest BCUT2D eigenvalue weighted by Gasteiger charge is -2.36. The van der Waals surface area contributed by atoms with Crippen molar-refractivity contribution in [3.8, 4) is 0 Å². The molecule has 130 valence electrons. The van der Waals surface area contributed by atoms with E-state index in [2.05, 4.69) is 26.2 Å². The van der Waals surface area contributed by atoms with Crippen LogP contribution in [0.2, 0.25) is 0 Å². The first-order chi connectivity index (χ1) is 11.4. The highest BCUT2D eigenvalue weighted by Gasteiger charge is 2.54. The van der Waals surface area contributed by atoms with Gasteiger partial charge in [-0.25, -0.2) is 23.0 Å². The molecule has 0 aliphatic carbocycles. The number of benzene rings is 1. The molecule has 2 N–H and O–H groups in total. The molecule has 2 aliphatic heterocycles. The van der Waals surface area contributed by atoms with Gasteiger partial charge in [0.05, 0.1) is 17.2 Å². The molecule has 5 nitrogen and oxygen atoms in total. The zero-order chi connectivity index (χ0) is 17.5. The van der Waals surface area contributed by atoms with E-state index < -0.39 is 42.0 Å². The van der Waals surface area contributed by atoms with Crippen molar-refractivity contribution in [1.29, 1.82) is 0 Å². The third-order valence-electron chi connectivity index (χ3n) is 4.12. The third kappa shape index (κ3) is 2.91. The fraction of sp³-hybridized carbons (Fsp3) is 0.429. The van der Waals surface area contributed by atoms with Gasteiger partial charge in [-0.15, -0.1) is 0 Å². The second-order valence-corrected chi connectivity index (χ2v) is 7.30. The van der Waals surface area contributed by atoms with Crippen LogP contribution in [0, 0.1) is 17.6 Å². The molecule has 0 radical (unpaired) electrons. The van der Waals surface area contributed by atoms with Crippen molar-refractivity contribution in [2.24, 2.45) is 10.9 Å². The Morgan fingerprint density at radius 2 is 2.25 bits per heavy atom. The fourth-order valence-electron chi connectivity index (χ4n) is 3.01. The van der Waals surface area contributed by atoms with Crippen LogP contribution in [0.15, 0.2) is 21.6 Å². The Labute approximate surface area is 147 Å². The Morgan fingerprint density at radius 3 is 2.92 bits per heavy atom. The topological polar surface area (TPSA) is 70.9 Å². The number of amides is 1. The van der Waals surface area contributed by atoms with Crippen LogP contribution >= 0.6 is 27.7 Å². The number of nitrogens with one attached hydrogen (secondary N) is 1. The SMILES string of the molecule is O=C(O)NC1=N[C@@]2(c3cc(Br)c(F)cc3F)CO[C@H](CF)[C@H]2CS1. The van der Waals surface area contributed by atoms with Crippen molar-refractivity contribution >= 4 is 39.0 Å². The van der Waals surface area contributed by atoms with Gasteiger partial charge in [0.2, 0.25) is 0 Å². The predicted molar refractivity (Wildman–Crippen MR) is 86.0 cm³/mol. The summed E-state index contributed by atoms with van der Waals surface area (Å²) < 4.78 is 46.7. The minimum Gasteiger partial charge on any atom is -0.465 e. The lowest BCUT2D eigenvalue weighted by atomic mass is 9.79. The van der Waals surface area contributed by atoms with Crippen molar-refractivity contribution < 1.29 is 27.8 Å². The fourth-order valence-corrected chi connectivity index (χ4v) is 4.57. The number of carbonyl (C=O) groups is 1. The van der Waals surface area contributed by atoms with E-state index in [1.165, 1.54) is 6.07 Å². The van der Waals surface area contributed by atoms with Crippen LogP contribution in [0.5, 0.6) is 0 Å². The summed E-state index contributed by atoms with van der Waals surface area (Å²) in [5, 5.41) is 11.1. The number of fused-ring (bicyclic) bond motifs is 1. The average molecular weight is 425 g/mol. The molecule has 1 aromatic rings. The number of amidine groups is 1. The van der Waals surface area contributed by atoms with Crippen LogP contribution in [-0.2, 0) is 10.3 Å². The van der Waals surface area contributed by atoms with Gasteiger partial charge in [0.15, 0.2) is 5.17 Å². The highest BCUT2D eigenvalue weighted by Crippen LogP contribution is 2.49. The molecule has 1 amide bonds. The van der Waals surface area contributed by atoms with Crippen molar-refractivity contribution in [3.63, 3.8) is 0 Å².